The van der Waals surface area contributed by atoms with Crippen molar-refractivity contribution in [2.45, 2.75) is 56.8 Å². The number of hydrogen-bond acceptors (Lipinski definition) is 4. The molecular weight excluding hydrogens is 296 g/mol. The van der Waals surface area contributed by atoms with Gasteiger partial charge in [-0.3, -0.25) is 9.88 Å². The van der Waals surface area contributed by atoms with Crippen LogP contribution in [0.3, 0.4) is 0 Å². The molecule has 4 atom stereocenters. The number of anilines is 1. The highest BCUT2D eigenvalue weighted by atomic mass is 35.5. The molecule has 3 fully saturated rings. The average Bonchev–Trinajstić information content (AvgIpc) is 2.41. The molecule has 3 saturated heterocycles. The maximum atomic E-state index is 6.19. The summed E-state index contributed by atoms with van der Waals surface area (Å²) in [5.74, 6) is 0.892. The second-order valence-electron chi connectivity index (χ2n) is 7.01. The maximum Gasteiger partial charge on any atom is 0.137 e. The van der Waals surface area contributed by atoms with Gasteiger partial charge < -0.3 is 5.32 Å². The fourth-order valence-corrected chi connectivity index (χ4v) is 4.83. The van der Waals surface area contributed by atoms with Gasteiger partial charge in [0, 0.05) is 41.3 Å². The predicted molar refractivity (Wildman–Crippen MR) is 88.4 cm³/mol. The van der Waals surface area contributed by atoms with Gasteiger partial charge in [-0.2, -0.15) is 0 Å². The third-order valence-electron chi connectivity index (χ3n) is 5.60. The van der Waals surface area contributed by atoms with E-state index in [0.29, 0.717) is 11.2 Å². The third kappa shape index (κ3) is 1.87. The van der Waals surface area contributed by atoms with E-state index in [1.54, 1.807) is 0 Å². The number of piperidine rings is 2. The van der Waals surface area contributed by atoms with Crippen LogP contribution < -0.4 is 5.32 Å². The van der Waals surface area contributed by atoms with Crippen LogP contribution in [0.25, 0.3) is 10.9 Å². The van der Waals surface area contributed by atoms with Crippen LogP contribution >= 0.6 is 11.6 Å². The molecule has 0 aliphatic carbocycles. The summed E-state index contributed by atoms with van der Waals surface area (Å²) in [6, 6.07) is 8.98. The molecule has 2 aromatic heterocycles. The lowest BCUT2D eigenvalue weighted by Crippen LogP contribution is -2.73. The van der Waals surface area contributed by atoms with Crippen LogP contribution in [-0.4, -0.2) is 39.0 Å². The van der Waals surface area contributed by atoms with Gasteiger partial charge in [-0.25, -0.2) is 4.98 Å². The SMILES string of the molecule is Cc1ccc2c(NC3C[C@@H]4CC5C[C@H](C3)N54)nc(Cl)cc2n1. The number of halogens is 1. The standard InChI is InChI=1S/C17H19ClN4/c1-9-2-3-14-15(19-9)8-16(18)21-17(14)20-10-4-11-6-13-7-12(5-10)22(11)13/h2-3,8,10-13H,4-7H2,1H3,(H,20,21)/t10?,11-,12+,13?. The Balaban J connectivity index is 1.46. The third-order valence-corrected chi connectivity index (χ3v) is 5.79. The molecule has 3 aliphatic heterocycles. The molecular formula is C17H19ClN4. The van der Waals surface area contributed by atoms with E-state index in [1.807, 2.05) is 19.1 Å². The number of pyridine rings is 2. The molecule has 0 aromatic carbocycles. The minimum atomic E-state index is 0.503. The zero-order chi connectivity index (χ0) is 14.8. The van der Waals surface area contributed by atoms with Crippen LogP contribution in [0.2, 0.25) is 5.15 Å². The first-order valence-corrected chi connectivity index (χ1v) is 8.53. The molecule has 5 rings (SSSR count). The quantitative estimate of drug-likeness (QED) is 0.863. The summed E-state index contributed by atoms with van der Waals surface area (Å²) in [7, 11) is 0. The highest BCUT2D eigenvalue weighted by Crippen LogP contribution is 2.49. The Labute approximate surface area is 134 Å². The first-order chi connectivity index (χ1) is 10.7. The topological polar surface area (TPSA) is 41.0 Å². The van der Waals surface area contributed by atoms with Gasteiger partial charge in [-0.15, -0.1) is 0 Å². The van der Waals surface area contributed by atoms with Crippen LogP contribution in [0, 0.1) is 6.92 Å². The van der Waals surface area contributed by atoms with Crippen LogP contribution in [0.15, 0.2) is 18.2 Å². The van der Waals surface area contributed by atoms with Crippen molar-refractivity contribution in [3.8, 4) is 0 Å². The molecule has 114 valence electrons. The van der Waals surface area contributed by atoms with Crippen molar-refractivity contribution in [1.82, 2.24) is 14.9 Å². The lowest BCUT2D eigenvalue weighted by molar-refractivity contribution is -0.146. The second-order valence-corrected chi connectivity index (χ2v) is 7.39. The number of aryl methyl sites for hydroxylation is 1. The Kier molecular flexibility index (Phi) is 2.71. The number of fused-ring (bicyclic) bond motifs is 1. The highest BCUT2D eigenvalue weighted by Gasteiger charge is 2.54. The van der Waals surface area contributed by atoms with Gasteiger partial charge in [0.2, 0.25) is 0 Å². The Bertz CT molecular complexity index is 740. The van der Waals surface area contributed by atoms with Gasteiger partial charge >= 0.3 is 0 Å². The maximum absolute atomic E-state index is 6.19. The van der Waals surface area contributed by atoms with E-state index in [-0.39, 0.29) is 0 Å². The number of hydrogen-bond donors (Lipinski definition) is 1. The lowest BCUT2D eigenvalue weighted by Gasteiger charge is -2.66. The normalized spacial score (nSPS) is 33.0. The predicted octanol–water partition coefficient (Wildman–Crippen LogP) is 3.38. The van der Waals surface area contributed by atoms with Crippen LogP contribution in [0.1, 0.15) is 31.4 Å². The van der Waals surface area contributed by atoms with E-state index in [2.05, 4.69) is 26.3 Å². The number of nitrogens with zero attached hydrogens (tertiary/aromatic N) is 3. The van der Waals surface area contributed by atoms with Crippen molar-refractivity contribution < 1.29 is 0 Å². The number of rotatable bonds is 2. The van der Waals surface area contributed by atoms with Gasteiger partial charge in [0.15, 0.2) is 0 Å². The van der Waals surface area contributed by atoms with Crippen LogP contribution in [0.5, 0.6) is 0 Å². The summed E-state index contributed by atoms with van der Waals surface area (Å²) in [4.78, 5) is 11.8. The second kappa shape index (κ2) is 4.56. The first kappa shape index (κ1) is 13.1. The van der Waals surface area contributed by atoms with Crippen LogP contribution in [0.4, 0.5) is 5.82 Å². The summed E-state index contributed by atoms with van der Waals surface area (Å²) in [5, 5.41) is 5.24. The fraction of sp³-hybridized carbons (Fsp3) is 0.529. The molecule has 5 heteroatoms. The minimum absolute atomic E-state index is 0.503. The van der Waals surface area contributed by atoms with Crippen molar-refractivity contribution in [3.05, 3.63) is 29.0 Å². The molecule has 0 bridgehead atoms. The zero-order valence-corrected chi connectivity index (χ0v) is 13.3. The minimum Gasteiger partial charge on any atom is -0.367 e. The summed E-state index contributed by atoms with van der Waals surface area (Å²) < 4.78 is 0. The van der Waals surface area contributed by atoms with E-state index < -0.39 is 0 Å². The Hall–Kier alpha value is -1.39. The van der Waals surface area contributed by atoms with Crippen molar-refractivity contribution in [3.63, 3.8) is 0 Å². The smallest absolute Gasteiger partial charge is 0.137 e. The monoisotopic (exact) mass is 314 g/mol. The van der Waals surface area contributed by atoms with Gasteiger partial charge in [-0.05, 0) is 44.7 Å². The first-order valence-electron chi connectivity index (χ1n) is 8.15. The largest absolute Gasteiger partial charge is 0.367 e. The molecule has 0 amide bonds. The highest BCUT2D eigenvalue weighted by molar-refractivity contribution is 6.30. The molecule has 2 aromatic rings. The van der Waals surface area contributed by atoms with E-state index in [9.17, 15) is 0 Å². The number of aromatic nitrogens is 2. The Morgan fingerprint density at radius 2 is 1.82 bits per heavy atom. The molecule has 1 N–H and O–H groups in total. The molecule has 0 radical (unpaired) electrons. The van der Waals surface area contributed by atoms with Gasteiger partial charge in [0.05, 0.1) is 5.52 Å². The van der Waals surface area contributed by atoms with Gasteiger partial charge in [-0.1, -0.05) is 11.6 Å². The van der Waals surface area contributed by atoms with E-state index in [4.69, 9.17) is 11.6 Å². The van der Waals surface area contributed by atoms with E-state index in [1.165, 1.54) is 25.7 Å². The zero-order valence-electron chi connectivity index (χ0n) is 12.6. The van der Waals surface area contributed by atoms with Crippen molar-refractivity contribution in [2.24, 2.45) is 0 Å². The lowest BCUT2D eigenvalue weighted by atomic mass is 9.68. The van der Waals surface area contributed by atoms with Crippen molar-refractivity contribution in [1.29, 1.82) is 0 Å². The van der Waals surface area contributed by atoms with E-state index in [0.717, 1.165) is 40.5 Å². The Morgan fingerprint density at radius 1 is 1.09 bits per heavy atom. The van der Waals surface area contributed by atoms with E-state index >= 15 is 0 Å². The van der Waals surface area contributed by atoms with Crippen molar-refractivity contribution in [2.75, 3.05) is 5.32 Å². The molecule has 0 spiro atoms. The van der Waals surface area contributed by atoms with Gasteiger partial charge in [0.25, 0.3) is 0 Å². The molecule has 5 heterocycles. The molecule has 2 unspecified atom stereocenters. The molecule has 0 saturated carbocycles. The molecule has 4 nitrogen and oxygen atoms in total. The Morgan fingerprint density at radius 3 is 2.55 bits per heavy atom. The number of nitrogens with one attached hydrogen (secondary N) is 1. The average molecular weight is 315 g/mol. The summed E-state index contributed by atoms with van der Waals surface area (Å²) in [6.45, 7) is 2.00. The van der Waals surface area contributed by atoms with Gasteiger partial charge in [0.1, 0.15) is 11.0 Å². The summed E-state index contributed by atoms with van der Waals surface area (Å²) in [6.07, 6.45) is 5.22. The summed E-state index contributed by atoms with van der Waals surface area (Å²) in [5.41, 5.74) is 1.93. The molecule has 22 heavy (non-hydrogen) atoms. The van der Waals surface area contributed by atoms with Crippen molar-refractivity contribution >= 4 is 28.3 Å². The van der Waals surface area contributed by atoms with Crippen LogP contribution in [-0.2, 0) is 0 Å². The molecule has 3 aliphatic rings. The summed E-state index contributed by atoms with van der Waals surface area (Å²) >= 11 is 6.19. The fourth-order valence-electron chi connectivity index (χ4n) is 4.64.